The molecule has 1 aliphatic carbocycles. The van der Waals surface area contributed by atoms with Gasteiger partial charge in [0.1, 0.15) is 11.2 Å². The summed E-state index contributed by atoms with van der Waals surface area (Å²) in [5.41, 5.74) is 2.72. The highest BCUT2D eigenvalue weighted by Gasteiger charge is 2.44. The summed E-state index contributed by atoms with van der Waals surface area (Å²) >= 11 is 6.16. The summed E-state index contributed by atoms with van der Waals surface area (Å²) < 4.78 is 1.84. The van der Waals surface area contributed by atoms with Gasteiger partial charge in [0.2, 0.25) is 0 Å². The molecule has 0 bridgehead atoms. The van der Waals surface area contributed by atoms with Crippen LogP contribution in [0.1, 0.15) is 56.9 Å². The fourth-order valence-electron chi connectivity index (χ4n) is 3.99. The van der Waals surface area contributed by atoms with Crippen LogP contribution in [-0.2, 0) is 17.8 Å². The topological polar surface area (TPSA) is 80.2 Å². The maximum absolute atomic E-state index is 13.1. The minimum absolute atomic E-state index is 0.310. The summed E-state index contributed by atoms with van der Waals surface area (Å²) in [4.78, 5) is 38.6. The van der Waals surface area contributed by atoms with Gasteiger partial charge in [-0.05, 0) is 62.8 Å². The van der Waals surface area contributed by atoms with Crippen molar-refractivity contribution in [3.05, 3.63) is 51.3 Å². The van der Waals surface area contributed by atoms with Gasteiger partial charge in [-0.1, -0.05) is 23.6 Å². The van der Waals surface area contributed by atoms with Crippen LogP contribution < -0.4 is 10.6 Å². The molecule has 1 aromatic carbocycles. The molecule has 2 amide bonds. The van der Waals surface area contributed by atoms with E-state index in [0.29, 0.717) is 53.3 Å². The van der Waals surface area contributed by atoms with E-state index in [1.54, 1.807) is 19.1 Å². The van der Waals surface area contributed by atoms with E-state index in [9.17, 15) is 14.4 Å². The first-order valence-electron chi connectivity index (χ1n) is 9.90. The quantitative estimate of drug-likeness (QED) is 0.439. The van der Waals surface area contributed by atoms with Crippen LogP contribution in [0.3, 0.4) is 0 Å². The van der Waals surface area contributed by atoms with Crippen molar-refractivity contribution in [2.45, 2.75) is 51.6 Å². The molecule has 1 saturated carbocycles. The molecule has 4 rings (SSSR count). The van der Waals surface area contributed by atoms with Crippen LogP contribution >= 0.6 is 11.6 Å². The maximum Gasteiger partial charge on any atom is 0.293 e. The summed E-state index contributed by atoms with van der Waals surface area (Å²) in [6, 6.07) is 5.29. The van der Waals surface area contributed by atoms with Crippen molar-refractivity contribution in [1.82, 2.24) is 9.88 Å². The van der Waals surface area contributed by atoms with Gasteiger partial charge in [-0.3, -0.25) is 14.4 Å². The van der Waals surface area contributed by atoms with Gasteiger partial charge in [0.05, 0.1) is 5.56 Å². The average molecular weight is 424 g/mol. The molecule has 6 nitrogen and oxygen atoms in total. The molecule has 154 valence electrons. The zero-order valence-corrected chi connectivity index (χ0v) is 17.7. The molecule has 0 unspecified atom stereocenters. The van der Waals surface area contributed by atoms with Crippen LogP contribution in [-0.4, -0.2) is 27.7 Å². The molecule has 0 atom stereocenters. The third kappa shape index (κ3) is 3.40. The summed E-state index contributed by atoms with van der Waals surface area (Å²) in [5.74, 6) is 0.858. The number of aromatic nitrogens is 1. The summed E-state index contributed by atoms with van der Waals surface area (Å²) in [6.07, 6.45) is 8.25. The average Bonchev–Trinajstić information content (AvgIpc) is 3.22. The molecule has 2 aliphatic rings. The van der Waals surface area contributed by atoms with Crippen molar-refractivity contribution in [1.29, 1.82) is 0 Å². The Balaban J connectivity index is 1.64. The van der Waals surface area contributed by atoms with E-state index in [2.05, 4.69) is 16.6 Å². The Hall–Kier alpha value is -3.04. The maximum atomic E-state index is 13.1. The highest BCUT2D eigenvalue weighted by atomic mass is 35.5. The molecular formula is C23H22ClN3O3. The number of amides is 2. The van der Waals surface area contributed by atoms with E-state index >= 15 is 0 Å². The van der Waals surface area contributed by atoms with Crippen LogP contribution in [0, 0.1) is 26.2 Å². The van der Waals surface area contributed by atoms with Crippen LogP contribution in [0.15, 0.2) is 18.2 Å². The molecule has 7 heteroatoms. The molecule has 0 radical (unpaired) electrons. The first kappa shape index (κ1) is 20.2. The standard InChI is InChI=1S/C23H22ClN3O3/c1-4-23(9-10-23)26-22(30)20(28)18-14(3)19(27-11-5-6-17(18)27)21(29)25-15-8-7-13(2)16(24)12-15/h1,7-8,12H,5-6,9-11H2,2-3H3,(H,25,29)(H,26,30). The summed E-state index contributed by atoms with van der Waals surface area (Å²) in [5, 5.41) is 6.08. The lowest BCUT2D eigenvalue weighted by atomic mass is 10.0. The Morgan fingerprint density at radius 2 is 1.97 bits per heavy atom. The highest BCUT2D eigenvalue weighted by molar-refractivity contribution is 6.44. The van der Waals surface area contributed by atoms with Gasteiger partial charge >= 0.3 is 0 Å². The summed E-state index contributed by atoms with van der Waals surface area (Å²) in [7, 11) is 0. The predicted molar refractivity (Wildman–Crippen MR) is 115 cm³/mol. The number of carbonyl (C=O) groups excluding carboxylic acids is 3. The molecule has 1 aliphatic heterocycles. The van der Waals surface area contributed by atoms with Gasteiger partial charge in [-0.15, -0.1) is 6.42 Å². The molecule has 2 heterocycles. The normalized spacial score (nSPS) is 15.8. The van der Waals surface area contributed by atoms with E-state index in [4.69, 9.17) is 18.0 Å². The van der Waals surface area contributed by atoms with Crippen molar-refractivity contribution in [3.8, 4) is 12.3 Å². The zero-order valence-electron chi connectivity index (χ0n) is 16.9. The van der Waals surface area contributed by atoms with Crippen molar-refractivity contribution in [2.24, 2.45) is 0 Å². The molecular weight excluding hydrogens is 402 g/mol. The minimum Gasteiger partial charge on any atom is -0.340 e. The Morgan fingerprint density at radius 3 is 2.60 bits per heavy atom. The number of hydrogen-bond acceptors (Lipinski definition) is 3. The smallest absolute Gasteiger partial charge is 0.293 e. The molecule has 30 heavy (non-hydrogen) atoms. The van der Waals surface area contributed by atoms with Crippen molar-refractivity contribution in [3.63, 3.8) is 0 Å². The van der Waals surface area contributed by atoms with Crippen LogP contribution in [0.25, 0.3) is 0 Å². The van der Waals surface area contributed by atoms with E-state index in [1.165, 1.54) is 0 Å². The number of ketones is 1. The fraction of sp³-hybridized carbons (Fsp3) is 0.348. The third-order valence-electron chi connectivity index (χ3n) is 5.87. The number of anilines is 1. The fourth-order valence-corrected chi connectivity index (χ4v) is 4.17. The van der Waals surface area contributed by atoms with Gasteiger partial charge in [-0.2, -0.15) is 0 Å². The zero-order chi connectivity index (χ0) is 21.6. The molecule has 0 saturated heterocycles. The lowest BCUT2D eigenvalue weighted by Crippen LogP contribution is -2.40. The van der Waals surface area contributed by atoms with Gasteiger partial charge in [0, 0.05) is 22.9 Å². The molecule has 2 N–H and O–H groups in total. The second kappa shape index (κ2) is 7.33. The highest BCUT2D eigenvalue weighted by Crippen LogP contribution is 2.35. The van der Waals surface area contributed by atoms with Crippen LogP contribution in [0.5, 0.6) is 0 Å². The second-order valence-electron chi connectivity index (χ2n) is 7.98. The molecule has 0 spiro atoms. The van der Waals surface area contributed by atoms with E-state index < -0.39 is 17.2 Å². The number of carbonyl (C=O) groups is 3. The number of benzene rings is 1. The van der Waals surface area contributed by atoms with Crippen molar-refractivity contribution in [2.75, 3.05) is 5.32 Å². The van der Waals surface area contributed by atoms with E-state index in [-0.39, 0.29) is 5.91 Å². The van der Waals surface area contributed by atoms with Crippen LogP contribution in [0.2, 0.25) is 5.02 Å². The van der Waals surface area contributed by atoms with Gasteiger partial charge < -0.3 is 15.2 Å². The number of aryl methyl sites for hydroxylation is 1. The second-order valence-corrected chi connectivity index (χ2v) is 8.39. The third-order valence-corrected chi connectivity index (χ3v) is 6.27. The number of rotatable bonds is 5. The predicted octanol–water partition coefficient (Wildman–Crippen LogP) is 3.42. The largest absolute Gasteiger partial charge is 0.340 e. The number of Topliss-reactive ketones (excluding diaryl/α,β-unsaturated/α-hetero) is 1. The Kier molecular flexibility index (Phi) is 4.95. The minimum atomic E-state index is -0.717. The van der Waals surface area contributed by atoms with Gasteiger partial charge in [-0.25, -0.2) is 0 Å². The molecule has 1 fully saturated rings. The van der Waals surface area contributed by atoms with E-state index in [0.717, 1.165) is 17.7 Å². The Labute approximate surface area is 180 Å². The first-order valence-corrected chi connectivity index (χ1v) is 10.3. The number of fused-ring (bicyclic) bond motifs is 1. The lowest BCUT2D eigenvalue weighted by Gasteiger charge is -2.11. The first-order chi connectivity index (χ1) is 14.3. The molecule has 1 aromatic heterocycles. The summed E-state index contributed by atoms with van der Waals surface area (Å²) in [6.45, 7) is 4.21. The number of halogens is 1. The van der Waals surface area contributed by atoms with E-state index in [1.807, 2.05) is 17.6 Å². The van der Waals surface area contributed by atoms with Crippen molar-refractivity contribution >= 4 is 34.9 Å². The number of nitrogens with zero attached hydrogens (tertiary/aromatic N) is 1. The monoisotopic (exact) mass is 423 g/mol. The van der Waals surface area contributed by atoms with Gasteiger partial charge in [0.15, 0.2) is 0 Å². The Bertz CT molecular complexity index is 1140. The van der Waals surface area contributed by atoms with Gasteiger partial charge in [0.25, 0.3) is 17.6 Å². The number of terminal acetylenes is 1. The number of hydrogen-bond donors (Lipinski definition) is 2. The van der Waals surface area contributed by atoms with Crippen molar-refractivity contribution < 1.29 is 14.4 Å². The Morgan fingerprint density at radius 1 is 1.23 bits per heavy atom. The number of nitrogens with one attached hydrogen (secondary N) is 2. The lowest BCUT2D eigenvalue weighted by molar-refractivity contribution is -0.117. The molecule has 2 aromatic rings. The SMILES string of the molecule is C#CC1(NC(=O)C(=O)c2c(C)c(C(=O)Nc3ccc(C)c(Cl)c3)n3c2CCC3)CC1. The van der Waals surface area contributed by atoms with Crippen LogP contribution in [0.4, 0.5) is 5.69 Å².